The van der Waals surface area contributed by atoms with Gasteiger partial charge in [0.25, 0.3) is 0 Å². The number of H-pyrrole nitrogens is 1. The zero-order valence-electron chi connectivity index (χ0n) is 19.2. The predicted octanol–water partition coefficient (Wildman–Crippen LogP) is 5.30. The maximum Gasteiger partial charge on any atom is 0.129 e. The van der Waals surface area contributed by atoms with Crippen LogP contribution in [0.25, 0.3) is 11.0 Å². The van der Waals surface area contributed by atoms with Gasteiger partial charge in [0.1, 0.15) is 11.6 Å². The van der Waals surface area contributed by atoms with Crippen molar-refractivity contribution in [2.75, 3.05) is 26.7 Å². The molecule has 0 amide bonds. The lowest BCUT2D eigenvalue weighted by Crippen LogP contribution is -2.42. The fourth-order valence-electron chi connectivity index (χ4n) is 5.25. The summed E-state index contributed by atoms with van der Waals surface area (Å²) < 4.78 is 6.47. The van der Waals surface area contributed by atoms with Gasteiger partial charge < -0.3 is 19.9 Å². The van der Waals surface area contributed by atoms with E-state index in [1.165, 1.54) is 37.7 Å². The molecule has 5 rings (SSSR count). The monoisotopic (exact) mass is 432 g/mol. The first-order chi connectivity index (χ1) is 15.8. The standard InChI is InChI=1S/C27H36N4O/c1-31-17-15-21(16-18-31)28-26(27-29-23-12-6-7-13-24(23)30-27)22-11-5-8-14-25(22)32-19-20-9-3-2-4-10-20/h5-8,11-14,20-21,26,28H,2-4,9-10,15-19H2,1H3,(H,29,30). The zero-order valence-corrected chi connectivity index (χ0v) is 19.2. The Balaban J connectivity index is 1.43. The van der Waals surface area contributed by atoms with Crippen LogP contribution in [0.15, 0.2) is 48.5 Å². The molecule has 2 aliphatic rings. The van der Waals surface area contributed by atoms with E-state index in [0.29, 0.717) is 12.0 Å². The summed E-state index contributed by atoms with van der Waals surface area (Å²) in [6, 6.07) is 17.3. The van der Waals surface area contributed by atoms with Crippen molar-refractivity contribution in [3.05, 3.63) is 59.9 Å². The predicted molar refractivity (Wildman–Crippen MR) is 130 cm³/mol. The third-order valence-corrected chi connectivity index (χ3v) is 7.23. The molecule has 0 spiro atoms. The van der Waals surface area contributed by atoms with E-state index in [0.717, 1.165) is 55.1 Å². The van der Waals surface area contributed by atoms with Gasteiger partial charge in [-0.2, -0.15) is 0 Å². The van der Waals surface area contributed by atoms with Gasteiger partial charge in [-0.1, -0.05) is 49.6 Å². The van der Waals surface area contributed by atoms with Gasteiger partial charge in [-0.15, -0.1) is 0 Å². The van der Waals surface area contributed by atoms with Gasteiger partial charge in [0.15, 0.2) is 0 Å². The average molecular weight is 433 g/mol. The minimum atomic E-state index is -0.0154. The molecule has 5 nitrogen and oxygen atoms in total. The molecule has 0 bridgehead atoms. The first-order valence-electron chi connectivity index (χ1n) is 12.4. The highest BCUT2D eigenvalue weighted by Gasteiger charge is 2.27. The Kier molecular flexibility index (Phi) is 6.75. The van der Waals surface area contributed by atoms with E-state index in [2.05, 4.69) is 64.7 Å². The highest BCUT2D eigenvalue weighted by atomic mass is 16.5. The second kappa shape index (κ2) is 10.1. The molecule has 5 heteroatoms. The Bertz CT molecular complexity index is 969. The lowest BCUT2D eigenvalue weighted by Gasteiger charge is -2.33. The molecule has 32 heavy (non-hydrogen) atoms. The van der Waals surface area contributed by atoms with Crippen LogP contribution in [0.1, 0.15) is 62.4 Å². The second-order valence-electron chi connectivity index (χ2n) is 9.67. The fourth-order valence-corrected chi connectivity index (χ4v) is 5.25. The van der Waals surface area contributed by atoms with Crippen molar-refractivity contribution in [3.63, 3.8) is 0 Å². The van der Waals surface area contributed by atoms with Crippen molar-refractivity contribution >= 4 is 11.0 Å². The molecule has 2 fully saturated rings. The Morgan fingerprint density at radius 3 is 2.56 bits per heavy atom. The molecule has 1 unspecified atom stereocenters. The number of aromatic nitrogens is 2. The van der Waals surface area contributed by atoms with E-state index in [9.17, 15) is 0 Å². The maximum atomic E-state index is 6.47. The maximum absolute atomic E-state index is 6.47. The van der Waals surface area contributed by atoms with Crippen LogP contribution < -0.4 is 10.1 Å². The van der Waals surface area contributed by atoms with Gasteiger partial charge >= 0.3 is 0 Å². The number of aromatic amines is 1. The quantitative estimate of drug-likeness (QED) is 0.532. The Labute approximate surface area is 191 Å². The van der Waals surface area contributed by atoms with Crippen molar-refractivity contribution in [2.45, 2.75) is 57.0 Å². The van der Waals surface area contributed by atoms with Crippen LogP contribution in [0, 0.1) is 5.92 Å². The molecule has 0 radical (unpaired) electrons. The number of ether oxygens (including phenoxy) is 1. The number of hydrogen-bond donors (Lipinski definition) is 2. The number of nitrogens with one attached hydrogen (secondary N) is 2. The van der Waals surface area contributed by atoms with Crippen molar-refractivity contribution in [1.82, 2.24) is 20.2 Å². The molecule has 1 saturated heterocycles. The topological polar surface area (TPSA) is 53.2 Å². The minimum Gasteiger partial charge on any atom is -0.493 e. The highest BCUT2D eigenvalue weighted by Crippen LogP contribution is 2.32. The number of piperidine rings is 1. The molecule has 3 aromatic rings. The number of hydrogen-bond acceptors (Lipinski definition) is 4. The highest BCUT2D eigenvalue weighted by molar-refractivity contribution is 5.75. The van der Waals surface area contributed by atoms with Gasteiger partial charge in [-0.25, -0.2) is 4.98 Å². The number of fused-ring (bicyclic) bond motifs is 1. The van der Waals surface area contributed by atoms with Crippen LogP contribution >= 0.6 is 0 Å². The first-order valence-corrected chi connectivity index (χ1v) is 12.4. The molecule has 1 aliphatic carbocycles. The van der Waals surface area contributed by atoms with E-state index < -0.39 is 0 Å². The molecule has 170 valence electrons. The van der Waals surface area contributed by atoms with E-state index in [1.54, 1.807) is 0 Å². The molecule has 1 aromatic heterocycles. The summed E-state index contributed by atoms with van der Waals surface area (Å²) in [5.74, 6) is 2.64. The smallest absolute Gasteiger partial charge is 0.129 e. The first kappa shape index (κ1) is 21.5. The van der Waals surface area contributed by atoms with E-state index in [-0.39, 0.29) is 6.04 Å². The van der Waals surface area contributed by atoms with Gasteiger partial charge in [-0.3, -0.25) is 0 Å². The molecule has 2 aromatic carbocycles. The van der Waals surface area contributed by atoms with E-state index in [1.807, 2.05) is 6.07 Å². The van der Waals surface area contributed by atoms with Crippen LogP contribution in [0.5, 0.6) is 5.75 Å². The lowest BCUT2D eigenvalue weighted by molar-refractivity contribution is 0.204. The number of para-hydroxylation sites is 3. The number of benzene rings is 2. The average Bonchev–Trinajstić information content (AvgIpc) is 3.27. The van der Waals surface area contributed by atoms with Gasteiger partial charge in [-0.05, 0) is 69.9 Å². The molecule has 2 N–H and O–H groups in total. The molecule has 1 aliphatic heterocycles. The summed E-state index contributed by atoms with van der Waals surface area (Å²) in [6.45, 7) is 3.08. The SMILES string of the molecule is CN1CCC(NC(c2nc3ccccc3[nH]2)c2ccccc2OCC2CCCCC2)CC1. The van der Waals surface area contributed by atoms with Crippen LogP contribution in [-0.4, -0.2) is 47.7 Å². The van der Waals surface area contributed by atoms with Crippen molar-refractivity contribution in [2.24, 2.45) is 5.92 Å². The van der Waals surface area contributed by atoms with Crippen LogP contribution in [-0.2, 0) is 0 Å². The third-order valence-electron chi connectivity index (χ3n) is 7.23. The largest absolute Gasteiger partial charge is 0.493 e. The zero-order chi connectivity index (χ0) is 21.8. The molecule has 1 saturated carbocycles. The normalized spacial score (nSPS) is 19.9. The summed E-state index contributed by atoms with van der Waals surface area (Å²) in [4.78, 5) is 11.0. The van der Waals surface area contributed by atoms with Crippen LogP contribution in [0.4, 0.5) is 0 Å². The summed E-state index contributed by atoms with van der Waals surface area (Å²) in [5.41, 5.74) is 3.28. The van der Waals surface area contributed by atoms with E-state index >= 15 is 0 Å². The molecule has 1 atom stereocenters. The number of rotatable bonds is 7. The summed E-state index contributed by atoms with van der Waals surface area (Å²) in [5, 5.41) is 3.95. The molecule has 2 heterocycles. The Morgan fingerprint density at radius 1 is 1.00 bits per heavy atom. The number of imidazole rings is 1. The van der Waals surface area contributed by atoms with Gasteiger partial charge in [0.05, 0.1) is 23.7 Å². The van der Waals surface area contributed by atoms with Crippen molar-refractivity contribution in [3.8, 4) is 5.75 Å². The lowest BCUT2D eigenvalue weighted by atomic mass is 9.90. The Hall–Kier alpha value is -2.37. The summed E-state index contributed by atoms with van der Waals surface area (Å²) in [7, 11) is 2.21. The number of nitrogens with zero attached hydrogens (tertiary/aromatic N) is 2. The Morgan fingerprint density at radius 2 is 1.75 bits per heavy atom. The third kappa shape index (κ3) is 5.00. The number of likely N-dealkylation sites (tertiary alicyclic amines) is 1. The summed E-state index contributed by atoms with van der Waals surface area (Å²) >= 11 is 0. The van der Waals surface area contributed by atoms with Crippen molar-refractivity contribution in [1.29, 1.82) is 0 Å². The van der Waals surface area contributed by atoms with E-state index in [4.69, 9.17) is 9.72 Å². The van der Waals surface area contributed by atoms with Crippen molar-refractivity contribution < 1.29 is 4.74 Å². The van der Waals surface area contributed by atoms with Crippen LogP contribution in [0.3, 0.4) is 0 Å². The summed E-state index contributed by atoms with van der Waals surface area (Å²) in [6.07, 6.45) is 8.95. The minimum absolute atomic E-state index is 0.0154. The molecular weight excluding hydrogens is 396 g/mol. The second-order valence-corrected chi connectivity index (χ2v) is 9.67. The van der Waals surface area contributed by atoms with Gasteiger partial charge in [0, 0.05) is 11.6 Å². The van der Waals surface area contributed by atoms with Crippen LogP contribution in [0.2, 0.25) is 0 Å². The fraction of sp³-hybridized carbons (Fsp3) is 0.519. The van der Waals surface area contributed by atoms with Gasteiger partial charge in [0.2, 0.25) is 0 Å². The molecular formula is C27H36N4O.